The van der Waals surface area contributed by atoms with E-state index >= 15 is 0 Å². The minimum Gasteiger partial charge on any atom is -0.337 e. The first-order valence-corrected chi connectivity index (χ1v) is 9.63. The predicted molar refractivity (Wildman–Crippen MR) is 95.9 cm³/mol. The van der Waals surface area contributed by atoms with Gasteiger partial charge >= 0.3 is 6.55 Å². The number of hydrogen-bond donors (Lipinski definition) is 1. The molecule has 0 bridgehead atoms. The molecule has 0 unspecified atom stereocenters. The molecule has 1 aromatic carbocycles. The van der Waals surface area contributed by atoms with Crippen molar-refractivity contribution in [2.75, 3.05) is 5.75 Å². The number of halogens is 2. The highest BCUT2D eigenvalue weighted by atomic mass is 32.2. The number of rotatable bonds is 5. The Morgan fingerprint density at radius 3 is 2.65 bits per heavy atom. The van der Waals surface area contributed by atoms with Crippen LogP contribution in [0.3, 0.4) is 0 Å². The molecular formula is C18H20F2N4OS. The summed E-state index contributed by atoms with van der Waals surface area (Å²) in [5.74, 6) is -0.384. The van der Waals surface area contributed by atoms with Gasteiger partial charge in [-0.3, -0.25) is 9.36 Å². The molecule has 1 saturated carbocycles. The summed E-state index contributed by atoms with van der Waals surface area (Å²) in [4.78, 5) is 16.6. The van der Waals surface area contributed by atoms with Crippen molar-refractivity contribution in [1.82, 2.24) is 14.9 Å². The average Bonchev–Trinajstić information content (AvgIpc) is 2.85. The third-order valence-corrected chi connectivity index (χ3v) is 5.59. The Kier molecular flexibility index (Phi) is 5.77. The molecule has 3 rings (SSSR count). The van der Waals surface area contributed by atoms with Crippen molar-refractivity contribution in [3.8, 4) is 6.07 Å². The first kappa shape index (κ1) is 18.6. The lowest BCUT2D eigenvalue weighted by Crippen LogP contribution is -2.47. The van der Waals surface area contributed by atoms with Gasteiger partial charge in [-0.15, -0.1) is 0 Å². The van der Waals surface area contributed by atoms with Crippen molar-refractivity contribution in [1.29, 1.82) is 5.26 Å². The van der Waals surface area contributed by atoms with Gasteiger partial charge in [-0.1, -0.05) is 49.6 Å². The van der Waals surface area contributed by atoms with Crippen LogP contribution in [0.4, 0.5) is 8.78 Å². The minimum absolute atomic E-state index is 0.0561. The predicted octanol–water partition coefficient (Wildman–Crippen LogP) is 4.26. The van der Waals surface area contributed by atoms with E-state index in [1.54, 1.807) is 24.3 Å². The molecule has 1 fully saturated rings. The molecule has 0 saturated heterocycles. The van der Waals surface area contributed by atoms with Gasteiger partial charge < -0.3 is 5.32 Å². The SMILES string of the molecule is N#CC1(NC(=O)CSc2nc3ccccc3n2C(F)F)CCCCCC1. The molecule has 2 aromatic rings. The number of nitrogens with one attached hydrogen (secondary N) is 1. The third-order valence-electron chi connectivity index (χ3n) is 4.64. The maximum absolute atomic E-state index is 13.4. The number of thioether (sulfide) groups is 1. The molecule has 1 heterocycles. The summed E-state index contributed by atoms with van der Waals surface area (Å²) in [7, 11) is 0. The molecule has 0 atom stereocenters. The van der Waals surface area contributed by atoms with Gasteiger partial charge in [-0.05, 0) is 25.0 Å². The molecule has 1 aliphatic carbocycles. The Labute approximate surface area is 154 Å². The van der Waals surface area contributed by atoms with Crippen LogP contribution in [0, 0.1) is 11.3 Å². The highest BCUT2D eigenvalue weighted by molar-refractivity contribution is 7.99. The van der Waals surface area contributed by atoms with Gasteiger partial charge in [0.2, 0.25) is 5.91 Å². The van der Waals surface area contributed by atoms with E-state index in [9.17, 15) is 18.8 Å². The number of carbonyl (C=O) groups excluding carboxylic acids is 1. The first-order chi connectivity index (χ1) is 12.5. The number of hydrogen-bond acceptors (Lipinski definition) is 4. The maximum Gasteiger partial charge on any atom is 0.321 e. The van der Waals surface area contributed by atoms with Crippen LogP contribution in [0.15, 0.2) is 29.4 Å². The van der Waals surface area contributed by atoms with E-state index in [0.29, 0.717) is 23.9 Å². The monoisotopic (exact) mass is 378 g/mol. The second kappa shape index (κ2) is 8.04. The van der Waals surface area contributed by atoms with Crippen molar-refractivity contribution in [2.45, 2.75) is 55.8 Å². The Morgan fingerprint density at radius 1 is 1.31 bits per heavy atom. The fourth-order valence-corrected chi connectivity index (χ4v) is 4.16. The molecule has 0 radical (unpaired) electrons. The van der Waals surface area contributed by atoms with Crippen LogP contribution < -0.4 is 5.32 Å². The van der Waals surface area contributed by atoms with Crippen LogP contribution in [0.5, 0.6) is 0 Å². The van der Waals surface area contributed by atoms with Crippen molar-refractivity contribution in [2.24, 2.45) is 0 Å². The summed E-state index contributed by atoms with van der Waals surface area (Å²) in [5, 5.41) is 12.5. The zero-order valence-electron chi connectivity index (χ0n) is 14.3. The molecule has 1 aliphatic rings. The molecule has 26 heavy (non-hydrogen) atoms. The number of aromatic nitrogens is 2. The summed E-state index contributed by atoms with van der Waals surface area (Å²) < 4.78 is 27.7. The summed E-state index contributed by atoms with van der Waals surface area (Å²) in [6.07, 6.45) is 5.20. The molecule has 1 N–H and O–H groups in total. The van der Waals surface area contributed by atoms with Gasteiger partial charge in [0.25, 0.3) is 0 Å². The Bertz CT molecular complexity index is 822. The number of imidazole rings is 1. The van der Waals surface area contributed by atoms with Crippen LogP contribution in [0.25, 0.3) is 11.0 Å². The number of carbonyl (C=O) groups is 1. The second-order valence-corrected chi connectivity index (χ2v) is 7.42. The zero-order valence-corrected chi connectivity index (χ0v) is 15.1. The van der Waals surface area contributed by atoms with Gasteiger partial charge in [0.05, 0.1) is 22.9 Å². The Balaban J connectivity index is 1.70. The summed E-state index contributed by atoms with van der Waals surface area (Å²) in [5.41, 5.74) is -0.0348. The van der Waals surface area contributed by atoms with E-state index in [-0.39, 0.29) is 16.8 Å². The topological polar surface area (TPSA) is 70.7 Å². The largest absolute Gasteiger partial charge is 0.337 e. The molecule has 138 valence electrons. The molecule has 8 heteroatoms. The Hall–Kier alpha value is -2.14. The van der Waals surface area contributed by atoms with Crippen molar-refractivity contribution >= 4 is 28.7 Å². The van der Waals surface area contributed by atoms with Crippen molar-refractivity contribution in [3.63, 3.8) is 0 Å². The van der Waals surface area contributed by atoms with E-state index < -0.39 is 12.1 Å². The smallest absolute Gasteiger partial charge is 0.321 e. The second-order valence-electron chi connectivity index (χ2n) is 6.48. The van der Waals surface area contributed by atoms with Crippen LogP contribution >= 0.6 is 11.8 Å². The molecule has 0 aliphatic heterocycles. The van der Waals surface area contributed by atoms with Crippen molar-refractivity contribution in [3.05, 3.63) is 24.3 Å². The van der Waals surface area contributed by atoms with Gasteiger partial charge in [0.1, 0.15) is 5.54 Å². The fraction of sp³-hybridized carbons (Fsp3) is 0.500. The van der Waals surface area contributed by atoms with E-state index in [2.05, 4.69) is 16.4 Å². The molecular weight excluding hydrogens is 358 g/mol. The molecule has 0 spiro atoms. The lowest BCUT2D eigenvalue weighted by atomic mass is 9.92. The van der Waals surface area contributed by atoms with Gasteiger partial charge in [0, 0.05) is 0 Å². The van der Waals surface area contributed by atoms with E-state index in [4.69, 9.17) is 0 Å². The van der Waals surface area contributed by atoms with Crippen LogP contribution in [0.2, 0.25) is 0 Å². The number of benzene rings is 1. The minimum atomic E-state index is -2.74. The van der Waals surface area contributed by atoms with Crippen LogP contribution in [-0.4, -0.2) is 26.8 Å². The summed E-state index contributed by atoms with van der Waals surface area (Å²) >= 11 is 0.963. The van der Waals surface area contributed by atoms with Crippen LogP contribution in [0.1, 0.15) is 45.1 Å². The highest BCUT2D eigenvalue weighted by Gasteiger charge is 2.32. The lowest BCUT2D eigenvalue weighted by molar-refractivity contribution is -0.120. The van der Waals surface area contributed by atoms with Crippen molar-refractivity contribution < 1.29 is 13.6 Å². The van der Waals surface area contributed by atoms with E-state index in [1.165, 1.54) is 0 Å². The number of alkyl halides is 2. The maximum atomic E-state index is 13.4. The number of nitriles is 1. The average molecular weight is 378 g/mol. The molecule has 1 aromatic heterocycles. The lowest BCUT2D eigenvalue weighted by Gasteiger charge is -2.26. The zero-order chi connectivity index (χ0) is 18.6. The number of nitrogens with zero attached hydrogens (tertiary/aromatic N) is 3. The van der Waals surface area contributed by atoms with Gasteiger partial charge in [-0.25, -0.2) is 4.98 Å². The fourth-order valence-electron chi connectivity index (χ4n) is 3.34. The standard InChI is InChI=1S/C18H20F2N4OS/c19-16(20)24-14-8-4-3-7-13(14)22-17(24)26-11-15(25)23-18(12-21)9-5-1-2-6-10-18/h3-4,7-8,16H,1-2,5-6,9-11H2,(H,23,25). The first-order valence-electron chi connectivity index (χ1n) is 8.65. The highest BCUT2D eigenvalue weighted by Crippen LogP contribution is 2.30. The third kappa shape index (κ3) is 3.98. The normalized spacial score (nSPS) is 17.0. The van der Waals surface area contributed by atoms with Crippen LogP contribution in [-0.2, 0) is 4.79 Å². The van der Waals surface area contributed by atoms with E-state index in [0.717, 1.165) is 42.0 Å². The van der Waals surface area contributed by atoms with E-state index in [1.807, 2.05) is 0 Å². The molecule has 1 amide bonds. The molecule has 5 nitrogen and oxygen atoms in total. The number of para-hydroxylation sites is 2. The summed E-state index contributed by atoms with van der Waals surface area (Å²) in [6.45, 7) is -2.74. The number of amides is 1. The Morgan fingerprint density at radius 2 is 2.00 bits per heavy atom. The van der Waals surface area contributed by atoms with Gasteiger partial charge in [0.15, 0.2) is 5.16 Å². The van der Waals surface area contributed by atoms with Gasteiger partial charge in [-0.2, -0.15) is 14.0 Å². The summed E-state index contributed by atoms with van der Waals surface area (Å²) in [6, 6.07) is 8.90. The quantitative estimate of drug-likeness (QED) is 0.623. The number of fused-ring (bicyclic) bond motifs is 1.